The van der Waals surface area contributed by atoms with E-state index in [-0.39, 0.29) is 0 Å². The first-order valence-electron chi connectivity index (χ1n) is 16.8. The number of fused-ring (bicyclic) bond motifs is 4. The van der Waals surface area contributed by atoms with Crippen LogP contribution >= 0.6 is 17.0 Å². The van der Waals surface area contributed by atoms with Crippen LogP contribution in [0.5, 0.6) is 0 Å². The van der Waals surface area contributed by atoms with E-state index in [1.54, 1.807) is 0 Å². The van der Waals surface area contributed by atoms with E-state index in [1.165, 1.54) is 76.5 Å². The maximum absolute atomic E-state index is 5.15. The van der Waals surface area contributed by atoms with Crippen LogP contribution < -0.4 is 0 Å². The molecule has 0 aromatic heterocycles. The zero-order chi connectivity index (χ0) is 35.7. The summed E-state index contributed by atoms with van der Waals surface area (Å²) in [7, 11) is 10.3. The van der Waals surface area contributed by atoms with Gasteiger partial charge < -0.3 is 0 Å². The van der Waals surface area contributed by atoms with Gasteiger partial charge in [0, 0.05) is 0 Å². The van der Waals surface area contributed by atoms with Crippen LogP contribution in [0.15, 0.2) is 176 Å². The molecular weight excluding hydrogens is 755 g/mol. The molecule has 0 saturated heterocycles. The van der Waals surface area contributed by atoms with Crippen molar-refractivity contribution >= 4 is 67.0 Å². The summed E-state index contributed by atoms with van der Waals surface area (Å²) >= 11 is -1.79. The molecule has 4 heteroatoms. The first kappa shape index (κ1) is 36.6. The van der Waals surface area contributed by atoms with Crippen LogP contribution in [0.2, 0.25) is 0 Å². The van der Waals surface area contributed by atoms with Crippen molar-refractivity contribution in [1.82, 2.24) is 0 Å². The first-order chi connectivity index (χ1) is 24.8. The van der Waals surface area contributed by atoms with Crippen molar-refractivity contribution in [3.8, 4) is 22.3 Å². The van der Waals surface area contributed by atoms with Crippen LogP contribution in [0.25, 0.3) is 65.3 Å². The third-order valence-corrected chi connectivity index (χ3v) is 8.79. The van der Waals surface area contributed by atoms with Crippen molar-refractivity contribution in [3.63, 3.8) is 0 Å². The number of aryl methyl sites for hydroxylation is 2. The molecule has 0 saturated carbocycles. The number of halogens is 2. The molecule has 0 aliphatic rings. The average molecular weight is 792 g/mol. The van der Waals surface area contributed by atoms with Gasteiger partial charge in [0.1, 0.15) is 0 Å². The summed E-state index contributed by atoms with van der Waals surface area (Å²) in [5.41, 5.74) is 9.02. The molecule has 0 fully saturated rings. The van der Waals surface area contributed by atoms with E-state index in [9.17, 15) is 0 Å². The third kappa shape index (κ3) is 9.20. The molecule has 51 heavy (non-hydrogen) atoms. The van der Waals surface area contributed by atoms with E-state index in [2.05, 4.69) is 173 Å². The van der Waals surface area contributed by atoms with Gasteiger partial charge in [-0.25, -0.2) is 0 Å². The molecule has 0 amide bonds. The molecule has 9 aromatic carbocycles. The molecular formula is C47H37Cl2SiZr-3. The Kier molecular flexibility index (Phi) is 12.5. The Labute approximate surface area is 318 Å². The van der Waals surface area contributed by atoms with Gasteiger partial charge in [-0.3, -0.25) is 0 Å². The van der Waals surface area contributed by atoms with Gasteiger partial charge in [0.25, 0.3) is 0 Å². The molecule has 0 bridgehead atoms. The van der Waals surface area contributed by atoms with Gasteiger partial charge in [0.15, 0.2) is 0 Å². The summed E-state index contributed by atoms with van der Waals surface area (Å²) < 4.78 is 0. The molecule has 0 heterocycles. The van der Waals surface area contributed by atoms with Gasteiger partial charge in [-0.05, 0) is 32.7 Å². The maximum atomic E-state index is 5.15. The Morgan fingerprint density at radius 3 is 1.18 bits per heavy atom. The topological polar surface area (TPSA) is 0 Å². The first-order valence-corrected chi connectivity index (χ1v) is 27.3. The van der Waals surface area contributed by atoms with E-state index < -0.39 is 18.0 Å². The molecule has 0 atom stereocenters. The van der Waals surface area contributed by atoms with Gasteiger partial charge in [-0.15, -0.1) is 81.2 Å². The molecule has 0 unspecified atom stereocenters. The van der Waals surface area contributed by atoms with Crippen molar-refractivity contribution in [3.05, 3.63) is 200 Å². The fraction of sp³-hybridized carbons (Fsp3) is 0.0426. The minimum atomic E-state index is -1.79. The molecule has 0 spiro atoms. The van der Waals surface area contributed by atoms with Crippen LogP contribution in [0, 0.1) is 20.8 Å². The van der Waals surface area contributed by atoms with E-state index in [0.717, 1.165) is 5.56 Å². The third-order valence-electron chi connectivity index (χ3n) is 8.79. The van der Waals surface area contributed by atoms with Gasteiger partial charge in [-0.2, -0.15) is 36.8 Å². The van der Waals surface area contributed by atoms with E-state index in [0.29, 0.717) is 0 Å². The van der Waals surface area contributed by atoms with Crippen LogP contribution in [-0.4, -0.2) is 6.88 Å². The zero-order valence-corrected chi connectivity index (χ0v) is 33.7. The summed E-state index contributed by atoms with van der Waals surface area (Å²) in [5.74, 6) is 0. The summed E-state index contributed by atoms with van der Waals surface area (Å²) in [4.78, 5) is 0. The van der Waals surface area contributed by atoms with Gasteiger partial charge in [0.05, 0.1) is 0 Å². The van der Waals surface area contributed by atoms with Crippen molar-refractivity contribution in [2.24, 2.45) is 0 Å². The van der Waals surface area contributed by atoms with Crippen molar-refractivity contribution in [2.75, 3.05) is 0 Å². The second kappa shape index (κ2) is 17.4. The van der Waals surface area contributed by atoms with Crippen LogP contribution in [-0.2, 0) is 18.0 Å². The van der Waals surface area contributed by atoms with E-state index >= 15 is 0 Å². The molecule has 0 aliphatic carbocycles. The zero-order valence-electron chi connectivity index (χ0n) is 28.7. The predicted molar refractivity (Wildman–Crippen MR) is 223 cm³/mol. The van der Waals surface area contributed by atoms with Gasteiger partial charge >= 0.3 is 41.9 Å². The molecule has 9 rings (SSSR count). The van der Waals surface area contributed by atoms with Crippen LogP contribution in [0.3, 0.4) is 0 Å². The van der Waals surface area contributed by atoms with E-state index in [1.807, 2.05) is 30.3 Å². The number of rotatable bonds is 2. The molecule has 0 aliphatic heterocycles. The predicted octanol–water partition coefficient (Wildman–Crippen LogP) is 14.2. The molecule has 9 aromatic rings. The summed E-state index contributed by atoms with van der Waals surface area (Å²) in [6.07, 6.45) is 0. The average Bonchev–Trinajstić information content (AvgIpc) is 3.72. The standard InChI is InChI=1S/2C20H15.C7H7.2ClH.Si.Zr/c2*1-14-12-16-8-5-11-19(20(16)13-14)18-10-4-7-15-6-2-3-9-17(15)18;1-7-5-3-2-4-6-7;;;;/h2*2-13H,1H3;2-6H,1H2;2*1H;;/q3*-1;;;;+2/p-2. The Hall–Kier alpha value is -4.17. The summed E-state index contributed by atoms with van der Waals surface area (Å²) in [6.45, 7) is 11.1. The fourth-order valence-corrected chi connectivity index (χ4v) is 6.64. The number of benzene rings is 7. The van der Waals surface area contributed by atoms with Crippen LogP contribution in [0.4, 0.5) is 0 Å². The monoisotopic (exact) mass is 789 g/mol. The van der Waals surface area contributed by atoms with E-state index in [4.69, 9.17) is 17.0 Å². The van der Waals surface area contributed by atoms with Crippen molar-refractivity contribution in [2.45, 2.75) is 13.8 Å². The molecule has 0 N–H and O–H groups in total. The van der Waals surface area contributed by atoms with Crippen LogP contribution in [0.1, 0.15) is 16.7 Å². The Morgan fingerprint density at radius 1 is 0.451 bits per heavy atom. The fourth-order valence-electron chi connectivity index (χ4n) is 6.64. The molecule has 0 nitrogen and oxygen atoms in total. The Bertz CT molecular complexity index is 2390. The molecule has 250 valence electrons. The number of hydrogen-bond acceptors (Lipinski definition) is 0. The second-order valence-corrected chi connectivity index (χ2v) is 26.1. The molecule has 2 radical (unpaired) electrons. The summed E-state index contributed by atoms with van der Waals surface area (Å²) in [5, 5.41) is 10.6. The Morgan fingerprint density at radius 2 is 0.784 bits per heavy atom. The van der Waals surface area contributed by atoms with Gasteiger partial charge in [-0.1, -0.05) is 128 Å². The van der Waals surface area contributed by atoms with Crippen molar-refractivity contribution < 1.29 is 18.0 Å². The van der Waals surface area contributed by atoms with Gasteiger partial charge in [0.2, 0.25) is 0 Å². The quantitative estimate of drug-likeness (QED) is 0.121. The normalized spacial score (nSPS) is 10.5. The Balaban J connectivity index is 0.000000137. The minimum absolute atomic E-state index is 1.07. The summed E-state index contributed by atoms with van der Waals surface area (Å²) in [6, 6.07) is 62.4. The van der Waals surface area contributed by atoms with Crippen molar-refractivity contribution in [1.29, 1.82) is 0 Å². The second-order valence-electron chi connectivity index (χ2n) is 12.5. The number of hydrogen-bond donors (Lipinski definition) is 0. The SMILES string of the molecule is Cc1cc2c(-c3cccc4ccccc34)cccc2[cH-]1.Cc1cc2c(-c3cccc4ccccc34)cccc2[cH-]1.[CH2-]c1ccccc1.[Si]=[Zr]([Cl])[Cl].